The highest BCUT2D eigenvalue weighted by Crippen LogP contribution is 2.48. The molecule has 1 amide bonds. The summed E-state index contributed by atoms with van der Waals surface area (Å²) in [5.41, 5.74) is 6.35. The number of rotatable bonds is 5. The quantitative estimate of drug-likeness (QED) is 0.661. The molecule has 5 rings (SSSR count). The van der Waals surface area contributed by atoms with Crippen LogP contribution in [0.3, 0.4) is 0 Å². The number of anilines is 1. The van der Waals surface area contributed by atoms with E-state index in [1.54, 1.807) is 0 Å². The molecule has 6 nitrogen and oxygen atoms in total. The molecule has 0 saturated heterocycles. The number of aryl methyl sites for hydroxylation is 1. The zero-order valence-electron chi connectivity index (χ0n) is 20.2. The van der Waals surface area contributed by atoms with Gasteiger partial charge in [-0.3, -0.25) is 14.4 Å². The standard InChI is InChI=1S/C29H30N2O4/c1-18-7-3-4-8-21(18)30-26(34)17-35-20-15-13-19(14-16-20)27-28-22(9-5-11-24(28)32)31(2)23-10-6-12-25(33)29(23)27/h3-4,7-8,13-16,27H,5-6,9-12,17H2,1-2H3,(H,30,34). The number of allylic oxidation sites excluding steroid dienone is 4. The topological polar surface area (TPSA) is 75.7 Å². The van der Waals surface area contributed by atoms with Gasteiger partial charge in [-0.2, -0.15) is 0 Å². The maximum Gasteiger partial charge on any atom is 0.262 e. The van der Waals surface area contributed by atoms with Crippen molar-refractivity contribution in [2.75, 3.05) is 19.0 Å². The third kappa shape index (κ3) is 4.41. The van der Waals surface area contributed by atoms with Crippen LogP contribution in [0.15, 0.2) is 71.1 Å². The van der Waals surface area contributed by atoms with Crippen LogP contribution in [0.4, 0.5) is 5.69 Å². The van der Waals surface area contributed by atoms with E-state index >= 15 is 0 Å². The van der Waals surface area contributed by atoms with Crippen LogP contribution in [-0.2, 0) is 14.4 Å². The van der Waals surface area contributed by atoms with Gasteiger partial charge in [0, 0.05) is 54.0 Å². The second-order valence-corrected chi connectivity index (χ2v) is 9.49. The lowest BCUT2D eigenvalue weighted by Gasteiger charge is -2.42. The van der Waals surface area contributed by atoms with Gasteiger partial charge in [0.1, 0.15) is 5.75 Å². The molecule has 6 heteroatoms. The van der Waals surface area contributed by atoms with Crippen molar-refractivity contribution >= 4 is 23.2 Å². The minimum atomic E-state index is -0.324. The van der Waals surface area contributed by atoms with Gasteiger partial charge in [0.25, 0.3) is 5.91 Å². The summed E-state index contributed by atoms with van der Waals surface area (Å²) in [6, 6.07) is 15.1. The zero-order chi connectivity index (χ0) is 24.5. The Hall–Kier alpha value is -3.67. The number of nitrogens with one attached hydrogen (secondary N) is 1. The van der Waals surface area contributed by atoms with E-state index in [-0.39, 0.29) is 30.0 Å². The number of carbonyl (C=O) groups excluding carboxylic acids is 3. The first-order valence-electron chi connectivity index (χ1n) is 12.3. The average Bonchev–Trinajstić information content (AvgIpc) is 2.86. The van der Waals surface area contributed by atoms with Crippen molar-refractivity contribution in [3.63, 3.8) is 0 Å². The van der Waals surface area contributed by atoms with E-state index in [0.717, 1.165) is 65.0 Å². The number of amides is 1. The van der Waals surface area contributed by atoms with E-state index in [1.165, 1.54) is 0 Å². The van der Waals surface area contributed by atoms with Gasteiger partial charge in [0.05, 0.1) is 0 Å². The molecule has 0 radical (unpaired) electrons. The number of ether oxygens (including phenoxy) is 1. The SMILES string of the molecule is Cc1ccccc1NC(=O)COc1ccc(C2C3=C(CCCC3=O)N(C)C3=C2C(=O)CCC3)cc1. The molecule has 2 aliphatic carbocycles. The Morgan fingerprint density at radius 2 is 1.51 bits per heavy atom. The summed E-state index contributed by atoms with van der Waals surface area (Å²) >= 11 is 0. The first-order chi connectivity index (χ1) is 16.9. The normalized spacial score (nSPS) is 18.4. The van der Waals surface area contributed by atoms with Crippen molar-refractivity contribution in [3.8, 4) is 5.75 Å². The lowest BCUT2D eigenvalue weighted by molar-refractivity contribution is -0.118. The average molecular weight is 471 g/mol. The van der Waals surface area contributed by atoms with Crippen LogP contribution in [0.5, 0.6) is 5.75 Å². The molecule has 0 aromatic heterocycles. The first-order valence-corrected chi connectivity index (χ1v) is 12.3. The Morgan fingerprint density at radius 3 is 2.11 bits per heavy atom. The van der Waals surface area contributed by atoms with Gasteiger partial charge < -0.3 is 15.0 Å². The van der Waals surface area contributed by atoms with Gasteiger partial charge in [-0.25, -0.2) is 0 Å². The lowest BCUT2D eigenvalue weighted by Crippen LogP contribution is -2.37. The smallest absolute Gasteiger partial charge is 0.262 e. The predicted octanol–water partition coefficient (Wildman–Crippen LogP) is 5.06. The molecule has 2 aromatic rings. The number of Topliss-reactive ketones (excluding diaryl/α,β-unsaturated/α-hetero) is 2. The zero-order valence-corrected chi connectivity index (χ0v) is 20.2. The number of hydrogen-bond acceptors (Lipinski definition) is 5. The highest BCUT2D eigenvalue weighted by Gasteiger charge is 2.42. The maximum atomic E-state index is 13.1. The van der Waals surface area contributed by atoms with Crippen LogP contribution in [0.25, 0.3) is 0 Å². The van der Waals surface area contributed by atoms with E-state index in [4.69, 9.17) is 4.74 Å². The summed E-state index contributed by atoms with van der Waals surface area (Å²) in [6.45, 7) is 1.83. The van der Waals surface area contributed by atoms with Crippen molar-refractivity contribution < 1.29 is 19.1 Å². The molecule has 0 atom stereocenters. The highest BCUT2D eigenvalue weighted by molar-refractivity contribution is 6.06. The van der Waals surface area contributed by atoms with Gasteiger partial charge in [-0.05, 0) is 61.9 Å². The molecule has 0 bridgehead atoms. The second-order valence-electron chi connectivity index (χ2n) is 9.49. The Kier molecular flexibility index (Phi) is 6.29. The first kappa shape index (κ1) is 23.1. The largest absolute Gasteiger partial charge is 0.484 e. The van der Waals surface area contributed by atoms with Crippen molar-refractivity contribution in [2.45, 2.75) is 51.4 Å². The van der Waals surface area contributed by atoms with Crippen molar-refractivity contribution in [3.05, 3.63) is 82.2 Å². The van der Waals surface area contributed by atoms with E-state index in [1.807, 2.05) is 62.5 Å². The molecule has 0 unspecified atom stereocenters. The molecule has 2 aromatic carbocycles. The molecule has 1 heterocycles. The maximum absolute atomic E-state index is 13.1. The van der Waals surface area contributed by atoms with E-state index < -0.39 is 0 Å². The van der Waals surface area contributed by atoms with Gasteiger partial charge >= 0.3 is 0 Å². The Labute approximate surface area is 205 Å². The summed E-state index contributed by atoms with van der Waals surface area (Å²) in [6.07, 6.45) is 4.46. The number of para-hydroxylation sites is 1. The Balaban J connectivity index is 1.37. The molecule has 1 N–H and O–H groups in total. The third-order valence-electron chi connectivity index (χ3n) is 7.25. The molecular formula is C29H30N2O4. The van der Waals surface area contributed by atoms with Gasteiger partial charge in [-0.15, -0.1) is 0 Å². The van der Waals surface area contributed by atoms with Gasteiger partial charge in [-0.1, -0.05) is 30.3 Å². The molecule has 3 aliphatic rings. The number of nitrogens with zero attached hydrogens (tertiary/aromatic N) is 1. The number of hydrogen-bond donors (Lipinski definition) is 1. The third-order valence-corrected chi connectivity index (χ3v) is 7.25. The number of benzene rings is 2. The minimum absolute atomic E-state index is 0.108. The minimum Gasteiger partial charge on any atom is -0.484 e. The van der Waals surface area contributed by atoms with Gasteiger partial charge in [0.2, 0.25) is 0 Å². The summed E-state index contributed by atoms with van der Waals surface area (Å²) in [5.74, 6) is 0.288. The van der Waals surface area contributed by atoms with Crippen molar-refractivity contribution in [1.29, 1.82) is 0 Å². The van der Waals surface area contributed by atoms with E-state index in [9.17, 15) is 14.4 Å². The summed E-state index contributed by atoms with van der Waals surface area (Å²) in [5, 5.41) is 2.86. The fraction of sp³-hybridized carbons (Fsp3) is 0.345. The van der Waals surface area contributed by atoms with Crippen LogP contribution in [-0.4, -0.2) is 36.0 Å². The molecule has 0 fully saturated rings. The second kappa shape index (κ2) is 9.53. The number of carbonyl (C=O) groups is 3. The predicted molar refractivity (Wildman–Crippen MR) is 134 cm³/mol. The van der Waals surface area contributed by atoms with Crippen LogP contribution in [0.2, 0.25) is 0 Å². The van der Waals surface area contributed by atoms with Crippen molar-refractivity contribution in [1.82, 2.24) is 4.90 Å². The molecule has 0 spiro atoms. The van der Waals surface area contributed by atoms with Crippen LogP contribution >= 0.6 is 0 Å². The van der Waals surface area contributed by atoms with E-state index in [2.05, 4.69) is 10.2 Å². The Bertz CT molecular complexity index is 1210. The van der Waals surface area contributed by atoms with Gasteiger partial charge in [0.15, 0.2) is 18.2 Å². The fourth-order valence-electron chi connectivity index (χ4n) is 5.49. The molecule has 35 heavy (non-hydrogen) atoms. The monoisotopic (exact) mass is 470 g/mol. The summed E-state index contributed by atoms with van der Waals surface area (Å²) in [4.78, 5) is 40.6. The van der Waals surface area contributed by atoms with E-state index in [0.29, 0.717) is 18.6 Å². The van der Waals surface area contributed by atoms with Crippen LogP contribution in [0, 0.1) is 6.92 Å². The fourth-order valence-corrected chi connectivity index (χ4v) is 5.49. The highest BCUT2D eigenvalue weighted by atomic mass is 16.5. The van der Waals surface area contributed by atoms with Crippen molar-refractivity contribution in [2.24, 2.45) is 0 Å². The Morgan fingerprint density at radius 1 is 0.914 bits per heavy atom. The van der Waals surface area contributed by atoms with Crippen LogP contribution in [0.1, 0.15) is 55.6 Å². The number of ketones is 2. The summed E-state index contributed by atoms with van der Waals surface area (Å²) < 4.78 is 5.72. The molecule has 180 valence electrons. The van der Waals surface area contributed by atoms with Crippen LogP contribution < -0.4 is 10.1 Å². The lowest BCUT2D eigenvalue weighted by atomic mass is 9.71. The summed E-state index contributed by atoms with van der Waals surface area (Å²) in [7, 11) is 2.00. The molecule has 0 saturated carbocycles. The molecule has 1 aliphatic heterocycles. The molecular weight excluding hydrogens is 440 g/mol.